The Morgan fingerprint density at radius 1 is 1.00 bits per heavy atom. The topological polar surface area (TPSA) is 75.3 Å². The number of benzene rings is 2. The first-order chi connectivity index (χ1) is 10.5. The average Bonchev–Trinajstić information content (AvgIpc) is 2.54. The Bertz CT molecular complexity index is 716. The van der Waals surface area contributed by atoms with Crippen LogP contribution in [0.2, 0.25) is 0 Å². The lowest BCUT2D eigenvalue weighted by Crippen LogP contribution is -2.44. The molecule has 0 aliphatic carbocycles. The number of sulfonamides is 1. The molecule has 5 nitrogen and oxygen atoms in total. The van der Waals surface area contributed by atoms with Gasteiger partial charge in [0.1, 0.15) is 0 Å². The third kappa shape index (κ3) is 4.41. The number of rotatable bonds is 6. The molecule has 2 aromatic rings. The third-order valence-corrected chi connectivity index (χ3v) is 4.64. The van der Waals surface area contributed by atoms with Crippen molar-refractivity contribution in [3.05, 3.63) is 66.2 Å². The van der Waals surface area contributed by atoms with Crippen LogP contribution in [-0.4, -0.2) is 20.4 Å². The van der Waals surface area contributed by atoms with E-state index in [0.717, 1.165) is 5.56 Å². The quantitative estimate of drug-likeness (QED) is 0.851. The van der Waals surface area contributed by atoms with Gasteiger partial charge < -0.3 is 5.32 Å². The highest BCUT2D eigenvalue weighted by atomic mass is 32.2. The molecule has 2 rings (SSSR count). The van der Waals surface area contributed by atoms with E-state index in [1.54, 1.807) is 18.2 Å². The van der Waals surface area contributed by atoms with Crippen molar-refractivity contribution in [3.63, 3.8) is 0 Å². The molecule has 1 atom stereocenters. The summed E-state index contributed by atoms with van der Waals surface area (Å²) in [6.07, 6.45) is 0. The summed E-state index contributed by atoms with van der Waals surface area (Å²) >= 11 is 0. The number of nitrogens with one attached hydrogen (secondary N) is 2. The van der Waals surface area contributed by atoms with Gasteiger partial charge in [0.15, 0.2) is 0 Å². The zero-order valence-electron chi connectivity index (χ0n) is 12.2. The summed E-state index contributed by atoms with van der Waals surface area (Å²) in [7, 11) is -3.70. The maximum absolute atomic E-state index is 12.1. The fourth-order valence-electron chi connectivity index (χ4n) is 1.89. The first kappa shape index (κ1) is 16.2. The highest BCUT2D eigenvalue weighted by Gasteiger charge is 2.21. The van der Waals surface area contributed by atoms with Crippen LogP contribution < -0.4 is 10.0 Å². The van der Waals surface area contributed by atoms with Crippen molar-refractivity contribution in [2.45, 2.75) is 24.4 Å². The van der Waals surface area contributed by atoms with Gasteiger partial charge in [0.05, 0.1) is 10.9 Å². The van der Waals surface area contributed by atoms with E-state index in [1.165, 1.54) is 19.1 Å². The normalized spacial score (nSPS) is 12.6. The first-order valence-corrected chi connectivity index (χ1v) is 8.36. The van der Waals surface area contributed by atoms with E-state index >= 15 is 0 Å². The van der Waals surface area contributed by atoms with E-state index in [1.807, 2.05) is 30.3 Å². The monoisotopic (exact) mass is 318 g/mol. The zero-order valence-corrected chi connectivity index (χ0v) is 13.0. The number of amides is 1. The summed E-state index contributed by atoms with van der Waals surface area (Å²) in [6.45, 7) is 1.87. The van der Waals surface area contributed by atoms with E-state index in [-0.39, 0.29) is 10.8 Å². The van der Waals surface area contributed by atoms with Crippen LogP contribution in [0.15, 0.2) is 65.6 Å². The van der Waals surface area contributed by atoms with Gasteiger partial charge in [-0.15, -0.1) is 0 Å². The van der Waals surface area contributed by atoms with Crippen molar-refractivity contribution in [1.29, 1.82) is 0 Å². The van der Waals surface area contributed by atoms with Crippen molar-refractivity contribution in [2.75, 3.05) is 0 Å². The number of hydrogen-bond acceptors (Lipinski definition) is 3. The molecule has 0 heterocycles. The van der Waals surface area contributed by atoms with Crippen molar-refractivity contribution in [2.24, 2.45) is 0 Å². The van der Waals surface area contributed by atoms with Crippen LogP contribution in [0, 0.1) is 0 Å². The summed E-state index contributed by atoms with van der Waals surface area (Å²) < 4.78 is 26.6. The molecule has 0 aliphatic rings. The van der Waals surface area contributed by atoms with E-state index in [9.17, 15) is 13.2 Å². The molecule has 0 fully saturated rings. The lowest BCUT2D eigenvalue weighted by atomic mass is 10.2. The first-order valence-electron chi connectivity index (χ1n) is 6.88. The van der Waals surface area contributed by atoms with Gasteiger partial charge in [-0.1, -0.05) is 48.5 Å². The second-order valence-electron chi connectivity index (χ2n) is 4.86. The third-order valence-electron chi connectivity index (χ3n) is 3.09. The fraction of sp³-hybridized carbons (Fsp3) is 0.188. The van der Waals surface area contributed by atoms with Gasteiger partial charge in [0.2, 0.25) is 15.9 Å². The Balaban J connectivity index is 1.94. The Labute approximate surface area is 130 Å². The van der Waals surface area contributed by atoms with Crippen molar-refractivity contribution < 1.29 is 13.2 Å². The summed E-state index contributed by atoms with van der Waals surface area (Å²) in [4.78, 5) is 12.1. The van der Waals surface area contributed by atoms with Gasteiger partial charge >= 0.3 is 0 Å². The predicted octanol–water partition coefficient (Wildman–Crippen LogP) is 1.67. The highest BCUT2D eigenvalue weighted by Crippen LogP contribution is 2.08. The summed E-state index contributed by atoms with van der Waals surface area (Å²) in [5.74, 6) is -0.372. The minimum absolute atomic E-state index is 0.137. The molecule has 2 aromatic carbocycles. The van der Waals surface area contributed by atoms with Crippen LogP contribution in [0.3, 0.4) is 0 Å². The molecule has 0 aliphatic heterocycles. The highest BCUT2D eigenvalue weighted by molar-refractivity contribution is 7.89. The lowest BCUT2D eigenvalue weighted by Gasteiger charge is -2.14. The fourth-order valence-corrected chi connectivity index (χ4v) is 3.12. The standard InChI is InChI=1S/C16H18N2O3S/c1-13(16(19)17-12-14-8-4-2-5-9-14)18-22(20,21)15-10-6-3-7-11-15/h2-11,13,18H,12H2,1H3,(H,17,19)/t13-/m1/s1. The minimum atomic E-state index is -3.70. The maximum Gasteiger partial charge on any atom is 0.241 e. The molecule has 0 unspecified atom stereocenters. The van der Waals surface area contributed by atoms with Gasteiger partial charge in [0, 0.05) is 6.54 Å². The smallest absolute Gasteiger partial charge is 0.241 e. The van der Waals surface area contributed by atoms with Crippen LogP contribution in [0.4, 0.5) is 0 Å². The molecule has 0 spiro atoms. The van der Waals surface area contributed by atoms with Gasteiger partial charge in [-0.2, -0.15) is 4.72 Å². The summed E-state index contributed by atoms with van der Waals surface area (Å²) in [5, 5.41) is 2.71. The molecule has 1 amide bonds. The van der Waals surface area contributed by atoms with Crippen LogP contribution in [-0.2, 0) is 21.4 Å². The van der Waals surface area contributed by atoms with Crippen LogP contribution in [0.25, 0.3) is 0 Å². The van der Waals surface area contributed by atoms with Gasteiger partial charge in [-0.25, -0.2) is 8.42 Å². The van der Waals surface area contributed by atoms with Gasteiger partial charge in [-0.05, 0) is 24.6 Å². The van der Waals surface area contributed by atoms with Crippen LogP contribution in [0.1, 0.15) is 12.5 Å². The van der Waals surface area contributed by atoms with Crippen LogP contribution in [0.5, 0.6) is 0 Å². The van der Waals surface area contributed by atoms with Gasteiger partial charge in [-0.3, -0.25) is 4.79 Å². The number of hydrogen-bond donors (Lipinski definition) is 2. The Kier molecular flexibility index (Phi) is 5.30. The molecule has 22 heavy (non-hydrogen) atoms. The molecule has 0 saturated heterocycles. The molecular formula is C16H18N2O3S. The average molecular weight is 318 g/mol. The molecule has 116 valence electrons. The SMILES string of the molecule is C[C@@H](NS(=O)(=O)c1ccccc1)C(=O)NCc1ccccc1. The Morgan fingerprint density at radius 3 is 2.14 bits per heavy atom. The number of carbonyl (C=O) groups is 1. The Hall–Kier alpha value is -2.18. The minimum Gasteiger partial charge on any atom is -0.351 e. The maximum atomic E-state index is 12.1. The molecule has 6 heteroatoms. The van der Waals surface area contributed by atoms with Crippen molar-refractivity contribution in [1.82, 2.24) is 10.0 Å². The largest absolute Gasteiger partial charge is 0.351 e. The Morgan fingerprint density at radius 2 is 1.55 bits per heavy atom. The molecule has 0 bridgehead atoms. The molecular weight excluding hydrogens is 300 g/mol. The molecule has 0 aromatic heterocycles. The summed E-state index contributed by atoms with van der Waals surface area (Å²) in [6, 6.07) is 16.5. The van der Waals surface area contributed by atoms with E-state index in [4.69, 9.17) is 0 Å². The van der Waals surface area contributed by atoms with Crippen molar-refractivity contribution in [3.8, 4) is 0 Å². The van der Waals surface area contributed by atoms with Gasteiger partial charge in [0.25, 0.3) is 0 Å². The predicted molar refractivity (Wildman–Crippen MR) is 84.5 cm³/mol. The van der Waals surface area contributed by atoms with Crippen molar-refractivity contribution >= 4 is 15.9 Å². The molecule has 0 radical (unpaired) electrons. The van der Waals surface area contributed by atoms with E-state index in [2.05, 4.69) is 10.0 Å². The van der Waals surface area contributed by atoms with E-state index in [0.29, 0.717) is 6.54 Å². The summed E-state index contributed by atoms with van der Waals surface area (Å²) in [5.41, 5.74) is 0.953. The zero-order chi connectivity index (χ0) is 16.0. The molecule has 0 saturated carbocycles. The lowest BCUT2D eigenvalue weighted by molar-refractivity contribution is -0.122. The van der Waals surface area contributed by atoms with E-state index < -0.39 is 16.1 Å². The van der Waals surface area contributed by atoms with Crippen LogP contribution >= 0.6 is 0 Å². The number of carbonyl (C=O) groups excluding carboxylic acids is 1. The second-order valence-corrected chi connectivity index (χ2v) is 6.57. The second kappa shape index (κ2) is 7.20. The molecule has 2 N–H and O–H groups in total.